The largest absolute Gasteiger partial charge is 0.372 e. The number of hydrogen-bond acceptors (Lipinski definition) is 3. The van der Waals surface area contributed by atoms with Gasteiger partial charge in [-0.1, -0.05) is 12.8 Å². The summed E-state index contributed by atoms with van der Waals surface area (Å²) in [6, 6.07) is 7.91. The molecule has 5 nitrogen and oxygen atoms in total. The minimum atomic E-state index is -0.581. The number of amides is 2. The van der Waals surface area contributed by atoms with Crippen LogP contribution in [0.3, 0.4) is 0 Å². The Morgan fingerprint density at radius 3 is 2.17 bits per heavy atom. The number of anilines is 2. The first-order valence-corrected chi connectivity index (χ1v) is 8.69. The van der Waals surface area contributed by atoms with Gasteiger partial charge in [-0.05, 0) is 56.4 Å². The average Bonchev–Trinajstić information content (AvgIpc) is 3.09. The van der Waals surface area contributed by atoms with Gasteiger partial charge in [0, 0.05) is 30.5 Å². The molecule has 1 aromatic rings. The van der Waals surface area contributed by atoms with Crippen LogP contribution in [0.15, 0.2) is 24.3 Å². The zero-order valence-corrected chi connectivity index (χ0v) is 13.5. The Kier molecular flexibility index (Phi) is 5.16. The Balaban J connectivity index is 1.52. The van der Waals surface area contributed by atoms with Gasteiger partial charge in [-0.3, -0.25) is 9.59 Å². The summed E-state index contributed by atoms with van der Waals surface area (Å²) in [5.74, 6) is -1.11. The zero-order chi connectivity index (χ0) is 16.1. The predicted molar refractivity (Wildman–Crippen MR) is 91.5 cm³/mol. The van der Waals surface area contributed by atoms with Crippen molar-refractivity contribution in [3.8, 4) is 0 Å². The highest BCUT2D eigenvalue weighted by Crippen LogP contribution is 2.22. The Labute approximate surface area is 137 Å². The summed E-state index contributed by atoms with van der Waals surface area (Å²) in [6.07, 6.45) is 7.99. The third-order valence-corrected chi connectivity index (χ3v) is 4.74. The molecule has 2 fully saturated rings. The van der Waals surface area contributed by atoms with Gasteiger partial charge in [-0.15, -0.1) is 0 Å². The summed E-state index contributed by atoms with van der Waals surface area (Å²) in [6.45, 7) is 2.19. The Morgan fingerprint density at radius 2 is 1.52 bits per heavy atom. The van der Waals surface area contributed by atoms with Gasteiger partial charge in [0.1, 0.15) is 0 Å². The maximum atomic E-state index is 12.0. The van der Waals surface area contributed by atoms with Crippen molar-refractivity contribution in [3.05, 3.63) is 24.3 Å². The van der Waals surface area contributed by atoms with Crippen molar-refractivity contribution in [1.82, 2.24) is 5.32 Å². The molecule has 1 aliphatic heterocycles. The molecule has 0 bridgehead atoms. The van der Waals surface area contributed by atoms with Crippen LogP contribution in [0.2, 0.25) is 0 Å². The highest BCUT2D eigenvalue weighted by atomic mass is 16.2. The molecule has 124 valence electrons. The van der Waals surface area contributed by atoms with Gasteiger partial charge in [-0.2, -0.15) is 0 Å². The molecule has 2 N–H and O–H groups in total. The number of hydrogen-bond donors (Lipinski definition) is 2. The number of rotatable bonds is 3. The summed E-state index contributed by atoms with van der Waals surface area (Å²) in [5, 5.41) is 5.48. The molecule has 1 aromatic carbocycles. The molecule has 23 heavy (non-hydrogen) atoms. The lowest BCUT2D eigenvalue weighted by molar-refractivity contribution is -0.136. The molecule has 3 rings (SSSR count). The van der Waals surface area contributed by atoms with Crippen LogP contribution in [0.25, 0.3) is 0 Å². The first-order valence-electron chi connectivity index (χ1n) is 8.69. The maximum absolute atomic E-state index is 12.0. The predicted octanol–water partition coefficient (Wildman–Crippen LogP) is 2.67. The highest BCUT2D eigenvalue weighted by Gasteiger charge is 2.21. The van der Waals surface area contributed by atoms with Crippen molar-refractivity contribution >= 4 is 23.2 Å². The summed E-state index contributed by atoms with van der Waals surface area (Å²) in [4.78, 5) is 26.2. The number of benzene rings is 1. The van der Waals surface area contributed by atoms with E-state index in [0.29, 0.717) is 5.69 Å². The fraction of sp³-hybridized carbons (Fsp3) is 0.556. The molecule has 5 heteroatoms. The normalized spacial score (nSPS) is 18.7. The first-order chi connectivity index (χ1) is 11.2. The fourth-order valence-electron chi connectivity index (χ4n) is 3.42. The van der Waals surface area contributed by atoms with E-state index in [0.717, 1.165) is 38.8 Å². The van der Waals surface area contributed by atoms with E-state index in [1.165, 1.54) is 24.9 Å². The second-order valence-corrected chi connectivity index (χ2v) is 6.50. The maximum Gasteiger partial charge on any atom is 0.313 e. The molecule has 2 aliphatic rings. The van der Waals surface area contributed by atoms with Crippen LogP contribution in [-0.4, -0.2) is 30.9 Å². The smallest absolute Gasteiger partial charge is 0.313 e. The lowest BCUT2D eigenvalue weighted by Gasteiger charge is -2.28. The van der Waals surface area contributed by atoms with Crippen LogP contribution in [-0.2, 0) is 9.59 Å². The molecule has 0 aromatic heterocycles. The van der Waals surface area contributed by atoms with Crippen molar-refractivity contribution in [1.29, 1.82) is 0 Å². The summed E-state index contributed by atoms with van der Waals surface area (Å²) >= 11 is 0. The molecule has 2 amide bonds. The Morgan fingerprint density at radius 1 is 0.870 bits per heavy atom. The van der Waals surface area contributed by atoms with Gasteiger partial charge >= 0.3 is 11.8 Å². The van der Waals surface area contributed by atoms with E-state index in [-0.39, 0.29) is 6.04 Å². The minimum Gasteiger partial charge on any atom is -0.372 e. The Hall–Kier alpha value is -2.04. The van der Waals surface area contributed by atoms with Crippen molar-refractivity contribution < 1.29 is 9.59 Å². The van der Waals surface area contributed by atoms with E-state index in [1.54, 1.807) is 0 Å². The second-order valence-electron chi connectivity index (χ2n) is 6.50. The van der Waals surface area contributed by atoms with Crippen LogP contribution in [0.4, 0.5) is 11.4 Å². The van der Waals surface area contributed by atoms with Crippen molar-refractivity contribution in [2.24, 2.45) is 0 Å². The third kappa shape index (κ3) is 4.24. The van der Waals surface area contributed by atoms with Crippen molar-refractivity contribution in [2.45, 2.75) is 51.0 Å². The van der Waals surface area contributed by atoms with Crippen LogP contribution < -0.4 is 15.5 Å². The number of carbonyl (C=O) groups excluding carboxylic acids is 2. The van der Waals surface area contributed by atoms with E-state index >= 15 is 0 Å². The summed E-state index contributed by atoms with van der Waals surface area (Å²) in [7, 11) is 0. The zero-order valence-electron chi connectivity index (χ0n) is 13.5. The molecular formula is C18H25N3O2. The van der Waals surface area contributed by atoms with Gasteiger partial charge in [0.05, 0.1) is 0 Å². The van der Waals surface area contributed by atoms with Gasteiger partial charge in [0.2, 0.25) is 0 Å². The number of nitrogens with zero attached hydrogens (tertiary/aromatic N) is 1. The molecule has 1 aliphatic carbocycles. The molecule has 0 radical (unpaired) electrons. The molecule has 1 heterocycles. The second kappa shape index (κ2) is 7.49. The summed E-state index contributed by atoms with van der Waals surface area (Å²) in [5.41, 5.74) is 1.84. The van der Waals surface area contributed by atoms with Gasteiger partial charge in [0.15, 0.2) is 0 Å². The quantitative estimate of drug-likeness (QED) is 0.843. The monoisotopic (exact) mass is 315 g/mol. The molecule has 0 spiro atoms. The lowest BCUT2D eigenvalue weighted by Crippen LogP contribution is -2.40. The van der Waals surface area contributed by atoms with E-state index in [2.05, 4.69) is 15.5 Å². The van der Waals surface area contributed by atoms with E-state index in [9.17, 15) is 9.59 Å². The number of piperidine rings is 1. The van der Waals surface area contributed by atoms with E-state index < -0.39 is 11.8 Å². The van der Waals surface area contributed by atoms with Crippen LogP contribution in [0.5, 0.6) is 0 Å². The molecule has 1 saturated carbocycles. The Bertz CT molecular complexity index is 544. The molecule has 1 saturated heterocycles. The number of carbonyl (C=O) groups is 2. The minimum absolute atomic E-state index is 0.162. The fourth-order valence-corrected chi connectivity index (χ4v) is 3.42. The van der Waals surface area contributed by atoms with Gasteiger partial charge in [-0.25, -0.2) is 0 Å². The van der Waals surface area contributed by atoms with Crippen LogP contribution in [0, 0.1) is 0 Å². The van der Waals surface area contributed by atoms with Gasteiger partial charge in [0.25, 0.3) is 0 Å². The SMILES string of the molecule is O=C(Nc1ccc(N2CCCCC2)cc1)C(=O)NC1CCCC1. The van der Waals surface area contributed by atoms with Gasteiger partial charge < -0.3 is 15.5 Å². The lowest BCUT2D eigenvalue weighted by atomic mass is 10.1. The van der Waals surface area contributed by atoms with Crippen LogP contribution in [0.1, 0.15) is 44.9 Å². The molecular weight excluding hydrogens is 290 g/mol. The molecule has 0 atom stereocenters. The van der Waals surface area contributed by atoms with E-state index in [1.807, 2.05) is 24.3 Å². The topological polar surface area (TPSA) is 61.4 Å². The first kappa shape index (κ1) is 15.8. The average molecular weight is 315 g/mol. The third-order valence-electron chi connectivity index (χ3n) is 4.74. The van der Waals surface area contributed by atoms with Crippen molar-refractivity contribution in [2.75, 3.05) is 23.3 Å². The molecule has 0 unspecified atom stereocenters. The van der Waals surface area contributed by atoms with Crippen molar-refractivity contribution in [3.63, 3.8) is 0 Å². The number of nitrogens with one attached hydrogen (secondary N) is 2. The standard InChI is InChI=1S/C18H25N3O2/c22-17(19-14-6-2-3-7-14)18(23)20-15-8-10-16(11-9-15)21-12-4-1-5-13-21/h8-11,14H,1-7,12-13H2,(H,19,22)(H,20,23). The highest BCUT2D eigenvalue weighted by molar-refractivity contribution is 6.39. The van der Waals surface area contributed by atoms with E-state index in [4.69, 9.17) is 0 Å². The van der Waals surface area contributed by atoms with Crippen LogP contribution >= 0.6 is 0 Å². The summed E-state index contributed by atoms with van der Waals surface area (Å²) < 4.78 is 0.